The number of para-hydroxylation sites is 1. The standard InChI is InChI=1S/C18H18Br2N4O2S/c1-3-26-16-13(19)8-11(9-14(16)20)10-21-24-17(22-23-18(24)27)12-6-4-5-7-15(12)25-2/h4-9,21H,3,10H2,1-2H3,(H,23,27). The van der Waals surface area contributed by atoms with Crippen molar-refractivity contribution in [1.82, 2.24) is 14.9 Å². The van der Waals surface area contributed by atoms with Crippen LogP contribution in [0.15, 0.2) is 45.3 Å². The molecule has 0 aliphatic carbocycles. The second kappa shape index (κ2) is 8.90. The lowest BCUT2D eigenvalue weighted by Crippen LogP contribution is -2.16. The van der Waals surface area contributed by atoms with E-state index < -0.39 is 0 Å². The minimum Gasteiger partial charge on any atom is -0.496 e. The zero-order valence-electron chi connectivity index (χ0n) is 14.8. The second-order valence-electron chi connectivity index (χ2n) is 5.54. The van der Waals surface area contributed by atoms with Crippen molar-refractivity contribution in [1.29, 1.82) is 0 Å². The van der Waals surface area contributed by atoms with Crippen molar-refractivity contribution >= 4 is 44.1 Å². The molecule has 9 heteroatoms. The first kappa shape index (κ1) is 19.9. The van der Waals surface area contributed by atoms with Gasteiger partial charge in [-0.15, -0.1) is 0 Å². The molecular weight excluding hydrogens is 496 g/mol. The van der Waals surface area contributed by atoms with Gasteiger partial charge in [0.15, 0.2) is 5.82 Å². The summed E-state index contributed by atoms with van der Waals surface area (Å²) in [5.41, 5.74) is 5.20. The Morgan fingerprint density at radius 3 is 2.59 bits per heavy atom. The largest absolute Gasteiger partial charge is 0.496 e. The van der Waals surface area contributed by atoms with Crippen LogP contribution in [0.2, 0.25) is 0 Å². The van der Waals surface area contributed by atoms with Crippen molar-refractivity contribution in [3.05, 3.63) is 55.7 Å². The van der Waals surface area contributed by atoms with Gasteiger partial charge in [0.1, 0.15) is 11.5 Å². The highest BCUT2D eigenvalue weighted by atomic mass is 79.9. The molecule has 0 fully saturated rings. The van der Waals surface area contributed by atoms with E-state index in [4.69, 9.17) is 21.7 Å². The summed E-state index contributed by atoms with van der Waals surface area (Å²) >= 11 is 12.5. The molecule has 0 aliphatic heterocycles. The molecule has 1 aromatic heterocycles. The van der Waals surface area contributed by atoms with Gasteiger partial charge in [0.2, 0.25) is 4.77 Å². The number of aromatic nitrogens is 3. The molecule has 3 aromatic rings. The number of nitrogens with zero attached hydrogens (tertiary/aromatic N) is 2. The summed E-state index contributed by atoms with van der Waals surface area (Å²) in [6, 6.07) is 11.7. The van der Waals surface area contributed by atoms with Gasteiger partial charge in [-0.3, -0.25) is 0 Å². The molecule has 6 nitrogen and oxygen atoms in total. The van der Waals surface area contributed by atoms with Gasteiger partial charge in [-0.1, -0.05) is 12.1 Å². The second-order valence-corrected chi connectivity index (χ2v) is 7.64. The average molecular weight is 514 g/mol. The first-order valence-electron chi connectivity index (χ1n) is 8.20. The minimum absolute atomic E-state index is 0.472. The van der Waals surface area contributed by atoms with Crippen LogP contribution in [0, 0.1) is 4.77 Å². The molecule has 1 heterocycles. The Labute approximate surface area is 179 Å². The molecule has 0 unspecified atom stereocenters. The average Bonchev–Trinajstić information content (AvgIpc) is 3.03. The summed E-state index contributed by atoms with van der Waals surface area (Å²) in [6.07, 6.45) is 0. The fourth-order valence-corrected chi connectivity index (χ4v) is 4.33. The zero-order chi connectivity index (χ0) is 19.4. The van der Waals surface area contributed by atoms with Crippen LogP contribution in [-0.4, -0.2) is 28.6 Å². The number of methoxy groups -OCH3 is 1. The van der Waals surface area contributed by atoms with Crippen LogP contribution in [0.25, 0.3) is 11.4 Å². The van der Waals surface area contributed by atoms with Crippen molar-refractivity contribution in [2.45, 2.75) is 13.5 Å². The van der Waals surface area contributed by atoms with Crippen LogP contribution in [0.1, 0.15) is 12.5 Å². The van der Waals surface area contributed by atoms with Gasteiger partial charge in [-0.05, 0) is 80.8 Å². The summed E-state index contributed by atoms with van der Waals surface area (Å²) in [5.74, 6) is 2.17. The third kappa shape index (κ3) is 4.36. The molecule has 0 saturated heterocycles. The number of aromatic amines is 1. The van der Waals surface area contributed by atoms with Crippen LogP contribution < -0.4 is 14.9 Å². The van der Waals surface area contributed by atoms with Crippen molar-refractivity contribution in [3.63, 3.8) is 0 Å². The zero-order valence-corrected chi connectivity index (χ0v) is 18.7. The monoisotopic (exact) mass is 512 g/mol. The number of hydrogen-bond acceptors (Lipinski definition) is 5. The fraction of sp³-hybridized carbons (Fsp3) is 0.222. The third-order valence-electron chi connectivity index (χ3n) is 3.81. The quantitative estimate of drug-likeness (QED) is 0.420. The number of benzene rings is 2. The van der Waals surface area contributed by atoms with Gasteiger partial charge < -0.3 is 14.9 Å². The molecule has 0 radical (unpaired) electrons. The molecule has 0 bridgehead atoms. The molecule has 0 spiro atoms. The number of H-pyrrole nitrogens is 1. The van der Waals surface area contributed by atoms with Crippen LogP contribution in [0.4, 0.5) is 0 Å². The third-order valence-corrected chi connectivity index (χ3v) is 5.26. The molecule has 3 rings (SSSR count). The Kier molecular flexibility index (Phi) is 6.56. The van der Waals surface area contributed by atoms with E-state index in [0.29, 0.717) is 23.7 Å². The molecule has 2 aromatic carbocycles. The lowest BCUT2D eigenvalue weighted by molar-refractivity contribution is 0.336. The molecule has 27 heavy (non-hydrogen) atoms. The Bertz CT molecular complexity index is 980. The molecule has 0 saturated carbocycles. The molecule has 142 valence electrons. The highest BCUT2D eigenvalue weighted by Crippen LogP contribution is 2.35. The van der Waals surface area contributed by atoms with E-state index in [1.165, 1.54) is 0 Å². The van der Waals surface area contributed by atoms with Gasteiger partial charge in [0.05, 0.1) is 34.8 Å². The van der Waals surface area contributed by atoms with E-state index in [1.807, 2.05) is 43.3 Å². The Hall–Kier alpha value is -1.84. The van der Waals surface area contributed by atoms with Crippen molar-refractivity contribution in [2.24, 2.45) is 0 Å². The van der Waals surface area contributed by atoms with Crippen LogP contribution in [0.5, 0.6) is 11.5 Å². The van der Waals surface area contributed by atoms with Gasteiger partial charge in [0, 0.05) is 0 Å². The Morgan fingerprint density at radius 1 is 1.22 bits per heavy atom. The predicted molar refractivity (Wildman–Crippen MR) is 115 cm³/mol. The van der Waals surface area contributed by atoms with Crippen LogP contribution in [0.3, 0.4) is 0 Å². The van der Waals surface area contributed by atoms with Gasteiger partial charge in [-0.2, -0.15) is 5.10 Å². The van der Waals surface area contributed by atoms with E-state index in [1.54, 1.807) is 11.8 Å². The van der Waals surface area contributed by atoms with Crippen molar-refractivity contribution < 1.29 is 9.47 Å². The Balaban J connectivity index is 1.88. The number of halogens is 2. The lowest BCUT2D eigenvalue weighted by Gasteiger charge is -2.14. The van der Waals surface area contributed by atoms with Gasteiger partial charge >= 0.3 is 0 Å². The fourth-order valence-electron chi connectivity index (χ4n) is 2.62. The Morgan fingerprint density at radius 2 is 1.93 bits per heavy atom. The highest BCUT2D eigenvalue weighted by Gasteiger charge is 2.14. The lowest BCUT2D eigenvalue weighted by atomic mass is 10.2. The van der Waals surface area contributed by atoms with E-state index in [2.05, 4.69) is 47.5 Å². The number of rotatable bonds is 7. The minimum atomic E-state index is 0.472. The van der Waals surface area contributed by atoms with Crippen molar-refractivity contribution in [2.75, 3.05) is 19.1 Å². The maximum atomic E-state index is 5.63. The molecule has 0 aliphatic rings. The number of hydrogen-bond donors (Lipinski definition) is 2. The highest BCUT2D eigenvalue weighted by molar-refractivity contribution is 9.11. The normalized spacial score (nSPS) is 10.7. The molecule has 2 N–H and O–H groups in total. The number of nitrogens with one attached hydrogen (secondary N) is 2. The summed E-state index contributed by atoms with van der Waals surface area (Å²) in [6.45, 7) is 3.09. The van der Waals surface area contributed by atoms with Crippen LogP contribution in [-0.2, 0) is 6.54 Å². The van der Waals surface area contributed by atoms with E-state index >= 15 is 0 Å². The molecule has 0 amide bonds. The molecular formula is C18H18Br2N4O2S. The topological polar surface area (TPSA) is 64.1 Å². The maximum Gasteiger partial charge on any atom is 0.214 e. The van der Waals surface area contributed by atoms with Crippen LogP contribution >= 0.6 is 44.1 Å². The SMILES string of the molecule is CCOc1c(Br)cc(CNn2c(-c3ccccc3OC)n[nH]c2=S)cc1Br. The van der Waals surface area contributed by atoms with Gasteiger partial charge in [-0.25, -0.2) is 9.77 Å². The first-order chi connectivity index (χ1) is 13.0. The van der Waals surface area contributed by atoms with E-state index in [0.717, 1.165) is 31.6 Å². The summed E-state index contributed by atoms with van der Waals surface area (Å²) in [5, 5.41) is 7.18. The number of ether oxygens (including phenoxy) is 2. The summed E-state index contributed by atoms with van der Waals surface area (Å²) in [7, 11) is 1.63. The summed E-state index contributed by atoms with van der Waals surface area (Å²) in [4.78, 5) is 0. The summed E-state index contributed by atoms with van der Waals surface area (Å²) < 4.78 is 15.1. The smallest absolute Gasteiger partial charge is 0.214 e. The molecule has 0 atom stereocenters. The van der Waals surface area contributed by atoms with Crippen molar-refractivity contribution in [3.8, 4) is 22.9 Å². The first-order valence-corrected chi connectivity index (χ1v) is 10.2. The van der Waals surface area contributed by atoms with E-state index in [-0.39, 0.29) is 0 Å². The van der Waals surface area contributed by atoms with E-state index in [9.17, 15) is 0 Å². The predicted octanol–water partition coefficient (Wildman–Crippen LogP) is 5.28. The van der Waals surface area contributed by atoms with Gasteiger partial charge in [0.25, 0.3) is 0 Å². The maximum absolute atomic E-state index is 5.63.